The lowest BCUT2D eigenvalue weighted by atomic mass is 9.85. The average molecular weight is 417 g/mol. The van der Waals surface area contributed by atoms with Gasteiger partial charge in [0.1, 0.15) is 0 Å². The van der Waals surface area contributed by atoms with Crippen molar-refractivity contribution in [1.82, 2.24) is 0 Å². The van der Waals surface area contributed by atoms with E-state index in [1.54, 1.807) is 0 Å². The summed E-state index contributed by atoms with van der Waals surface area (Å²) in [7, 11) is 0. The fourth-order valence-corrected chi connectivity index (χ4v) is 5.69. The highest BCUT2D eigenvalue weighted by Crippen LogP contribution is 2.42. The van der Waals surface area contributed by atoms with E-state index in [0.29, 0.717) is 11.2 Å². The summed E-state index contributed by atoms with van der Waals surface area (Å²) in [5, 5.41) is 0.488. The predicted molar refractivity (Wildman–Crippen MR) is 135 cm³/mol. The van der Waals surface area contributed by atoms with Crippen molar-refractivity contribution in [1.29, 1.82) is 0 Å². The lowest BCUT2D eigenvalue weighted by molar-refractivity contribution is 0.579. The Bertz CT molecular complexity index is 936. The van der Waals surface area contributed by atoms with Gasteiger partial charge < -0.3 is 0 Å². The Morgan fingerprint density at radius 1 is 0.800 bits per heavy atom. The summed E-state index contributed by atoms with van der Waals surface area (Å²) in [6, 6.07) is 24.8. The molecule has 0 aliphatic rings. The molecule has 0 nitrogen and oxygen atoms in total. The molecule has 1 atom stereocenters. The zero-order valence-corrected chi connectivity index (χ0v) is 20.4. The highest BCUT2D eigenvalue weighted by molar-refractivity contribution is 7.99. The summed E-state index contributed by atoms with van der Waals surface area (Å²) < 4.78 is 0. The van der Waals surface area contributed by atoms with Crippen molar-refractivity contribution < 1.29 is 0 Å². The molecular weight excluding hydrogens is 380 g/mol. The molecule has 0 bridgehead atoms. The van der Waals surface area contributed by atoms with Crippen molar-refractivity contribution in [2.75, 3.05) is 0 Å². The van der Waals surface area contributed by atoms with Crippen LogP contribution in [0, 0.1) is 19.8 Å². The Labute approximate surface area is 188 Å². The van der Waals surface area contributed by atoms with E-state index in [-0.39, 0.29) is 5.41 Å². The maximum atomic E-state index is 2.38. The Hall–Kier alpha value is -1.99. The van der Waals surface area contributed by atoms with Crippen LogP contribution in [0.15, 0.2) is 71.6 Å². The predicted octanol–water partition coefficient (Wildman–Crippen LogP) is 9.15. The van der Waals surface area contributed by atoms with Crippen LogP contribution in [0.25, 0.3) is 11.1 Å². The molecule has 0 amide bonds. The Balaban J connectivity index is 1.90. The summed E-state index contributed by atoms with van der Waals surface area (Å²) in [6.07, 6.45) is 1.18. The van der Waals surface area contributed by atoms with Gasteiger partial charge in [-0.15, -0.1) is 11.8 Å². The first-order valence-corrected chi connectivity index (χ1v) is 12.0. The second-order valence-electron chi connectivity index (χ2n) is 9.91. The van der Waals surface area contributed by atoms with Crippen LogP contribution < -0.4 is 0 Å². The number of thioether (sulfide) groups is 1. The molecule has 158 valence electrons. The van der Waals surface area contributed by atoms with Crippen LogP contribution in [0.1, 0.15) is 68.5 Å². The molecule has 0 aliphatic heterocycles. The van der Waals surface area contributed by atoms with Crippen molar-refractivity contribution in [3.63, 3.8) is 0 Å². The van der Waals surface area contributed by atoms with Crippen LogP contribution in [0.2, 0.25) is 0 Å². The monoisotopic (exact) mass is 416 g/mol. The lowest BCUT2D eigenvalue weighted by Crippen LogP contribution is -2.10. The van der Waals surface area contributed by atoms with E-state index in [2.05, 4.69) is 115 Å². The zero-order chi connectivity index (χ0) is 21.9. The normalized spacial score (nSPS) is 12.9. The van der Waals surface area contributed by atoms with E-state index in [4.69, 9.17) is 0 Å². The summed E-state index contributed by atoms with van der Waals surface area (Å²) >= 11 is 2.01. The molecule has 0 aliphatic carbocycles. The SMILES string of the molecule is Cc1cc(SC(CC(C)C)c2ccccc2)cc(C)c1-c1ccc(C(C)(C)C)cc1. The van der Waals surface area contributed by atoms with E-state index < -0.39 is 0 Å². The van der Waals surface area contributed by atoms with Crippen LogP contribution >= 0.6 is 11.8 Å². The van der Waals surface area contributed by atoms with Gasteiger partial charge in [0.2, 0.25) is 0 Å². The number of rotatable bonds is 6. The Morgan fingerprint density at radius 3 is 1.87 bits per heavy atom. The molecule has 0 aromatic heterocycles. The van der Waals surface area contributed by atoms with Gasteiger partial charge >= 0.3 is 0 Å². The van der Waals surface area contributed by atoms with Gasteiger partial charge in [-0.05, 0) is 77.1 Å². The first-order chi connectivity index (χ1) is 14.1. The standard InChI is InChI=1S/C29H36S/c1-20(2)17-27(23-11-9-8-10-12-23)30-26-18-21(3)28(22(4)19-26)24-13-15-25(16-14-24)29(5,6)7/h8-16,18-20,27H,17H2,1-7H3. The molecule has 3 aromatic rings. The van der Waals surface area contributed by atoms with Crippen LogP contribution in [0.3, 0.4) is 0 Å². The Kier molecular flexibility index (Phi) is 7.14. The van der Waals surface area contributed by atoms with Gasteiger partial charge in [-0.25, -0.2) is 0 Å². The van der Waals surface area contributed by atoms with Gasteiger partial charge in [-0.1, -0.05) is 89.2 Å². The van der Waals surface area contributed by atoms with Crippen molar-refractivity contribution in [2.24, 2.45) is 5.92 Å². The fourth-order valence-electron chi connectivity index (χ4n) is 4.10. The quantitative estimate of drug-likeness (QED) is 0.361. The average Bonchev–Trinajstić information content (AvgIpc) is 2.67. The molecule has 30 heavy (non-hydrogen) atoms. The number of benzene rings is 3. The molecule has 3 rings (SSSR count). The van der Waals surface area contributed by atoms with Gasteiger partial charge in [0, 0.05) is 10.1 Å². The van der Waals surface area contributed by atoms with Gasteiger partial charge in [-0.2, -0.15) is 0 Å². The molecule has 0 spiro atoms. The van der Waals surface area contributed by atoms with E-state index in [1.807, 2.05) is 11.8 Å². The zero-order valence-electron chi connectivity index (χ0n) is 19.6. The molecule has 0 heterocycles. The molecule has 0 radical (unpaired) electrons. The van der Waals surface area contributed by atoms with Crippen LogP contribution in [0.4, 0.5) is 0 Å². The largest absolute Gasteiger partial charge is 0.118 e. The van der Waals surface area contributed by atoms with Crippen molar-refractivity contribution in [3.8, 4) is 11.1 Å². The first-order valence-electron chi connectivity index (χ1n) is 11.1. The highest BCUT2D eigenvalue weighted by atomic mass is 32.2. The van der Waals surface area contributed by atoms with Crippen LogP contribution in [-0.4, -0.2) is 0 Å². The molecule has 1 heteroatoms. The van der Waals surface area contributed by atoms with Crippen LogP contribution in [-0.2, 0) is 5.41 Å². The lowest BCUT2D eigenvalue weighted by Gasteiger charge is -2.21. The third kappa shape index (κ3) is 5.58. The smallest absolute Gasteiger partial charge is 0.0346 e. The third-order valence-electron chi connectivity index (χ3n) is 5.68. The van der Waals surface area contributed by atoms with Gasteiger partial charge in [0.25, 0.3) is 0 Å². The molecule has 0 saturated carbocycles. The fraction of sp³-hybridized carbons (Fsp3) is 0.379. The third-order valence-corrected chi connectivity index (χ3v) is 6.94. The molecule has 0 saturated heterocycles. The minimum atomic E-state index is 0.186. The second kappa shape index (κ2) is 9.43. The second-order valence-corrected chi connectivity index (χ2v) is 11.2. The molecular formula is C29H36S. The van der Waals surface area contributed by atoms with E-state index in [1.165, 1.54) is 44.7 Å². The summed E-state index contributed by atoms with van der Waals surface area (Å²) in [5.74, 6) is 0.672. The first kappa shape index (κ1) is 22.7. The molecule has 0 fully saturated rings. The van der Waals surface area contributed by atoms with Gasteiger partial charge in [0.15, 0.2) is 0 Å². The molecule has 0 N–H and O–H groups in total. The number of hydrogen-bond donors (Lipinski definition) is 0. The minimum Gasteiger partial charge on any atom is -0.118 e. The summed E-state index contributed by atoms with van der Waals surface area (Å²) in [5.41, 5.74) is 8.40. The summed E-state index contributed by atoms with van der Waals surface area (Å²) in [6.45, 7) is 15.9. The highest BCUT2D eigenvalue weighted by Gasteiger charge is 2.17. The maximum absolute atomic E-state index is 2.38. The topological polar surface area (TPSA) is 0 Å². The van der Waals surface area contributed by atoms with E-state index in [9.17, 15) is 0 Å². The van der Waals surface area contributed by atoms with Crippen molar-refractivity contribution in [2.45, 2.75) is 70.4 Å². The molecule has 1 unspecified atom stereocenters. The minimum absolute atomic E-state index is 0.186. The van der Waals surface area contributed by atoms with Crippen LogP contribution in [0.5, 0.6) is 0 Å². The molecule has 3 aromatic carbocycles. The number of hydrogen-bond acceptors (Lipinski definition) is 1. The number of aryl methyl sites for hydroxylation is 2. The van der Waals surface area contributed by atoms with E-state index >= 15 is 0 Å². The Morgan fingerprint density at radius 2 is 1.37 bits per heavy atom. The van der Waals surface area contributed by atoms with Crippen molar-refractivity contribution in [3.05, 3.63) is 89.0 Å². The van der Waals surface area contributed by atoms with Crippen molar-refractivity contribution >= 4 is 11.8 Å². The van der Waals surface area contributed by atoms with Gasteiger partial charge in [-0.3, -0.25) is 0 Å². The summed E-state index contributed by atoms with van der Waals surface area (Å²) in [4.78, 5) is 1.37. The van der Waals surface area contributed by atoms with E-state index in [0.717, 1.165) is 0 Å². The maximum Gasteiger partial charge on any atom is 0.0346 e. The van der Waals surface area contributed by atoms with Gasteiger partial charge in [0.05, 0.1) is 0 Å².